The van der Waals surface area contributed by atoms with Crippen molar-refractivity contribution >= 4 is 5.69 Å². The molecule has 0 fully saturated rings. The number of aliphatic hydroxyl groups is 1. The number of hydrogen-bond donors (Lipinski definition) is 2. The molecule has 2 N–H and O–H groups in total. The van der Waals surface area contributed by atoms with Gasteiger partial charge < -0.3 is 15.3 Å². The second-order valence-corrected chi connectivity index (χ2v) is 5.62. The third-order valence-electron chi connectivity index (χ3n) is 3.36. The molecule has 2 rings (SSSR count). The molecule has 0 aliphatic rings. The summed E-state index contributed by atoms with van der Waals surface area (Å²) >= 11 is 0. The van der Waals surface area contributed by atoms with Crippen molar-refractivity contribution < 1.29 is 5.11 Å². The van der Waals surface area contributed by atoms with Gasteiger partial charge in [-0.1, -0.05) is 48.5 Å². The molecular weight excluding hydrogens is 260 g/mol. The van der Waals surface area contributed by atoms with E-state index in [0.29, 0.717) is 13.1 Å². The van der Waals surface area contributed by atoms with Gasteiger partial charge in [0.05, 0.1) is 6.10 Å². The predicted molar refractivity (Wildman–Crippen MR) is 88.7 cm³/mol. The second-order valence-electron chi connectivity index (χ2n) is 5.62. The van der Waals surface area contributed by atoms with Crippen molar-refractivity contribution in [3.05, 3.63) is 65.7 Å². The van der Waals surface area contributed by atoms with E-state index in [0.717, 1.165) is 12.1 Å². The maximum absolute atomic E-state index is 9.96. The lowest BCUT2D eigenvalue weighted by Crippen LogP contribution is -2.31. The molecule has 0 aromatic heterocycles. The smallest absolute Gasteiger partial charge is 0.0838 e. The van der Waals surface area contributed by atoms with Gasteiger partial charge in [-0.05, 0) is 37.7 Å². The van der Waals surface area contributed by atoms with E-state index in [4.69, 9.17) is 0 Å². The Labute approximate surface area is 127 Å². The Morgan fingerprint density at radius 2 is 1.67 bits per heavy atom. The molecule has 112 valence electrons. The van der Waals surface area contributed by atoms with E-state index < -0.39 is 0 Å². The average molecular weight is 284 g/mol. The molecule has 0 heterocycles. The van der Waals surface area contributed by atoms with Gasteiger partial charge in [-0.25, -0.2) is 0 Å². The third-order valence-corrected chi connectivity index (χ3v) is 3.36. The molecule has 2 aromatic rings. The molecule has 2 aromatic carbocycles. The molecule has 0 aliphatic heterocycles. The molecule has 0 saturated heterocycles. The minimum absolute atomic E-state index is 0.371. The number of nitrogens with one attached hydrogen (secondary N) is 1. The zero-order chi connectivity index (χ0) is 15.1. The second kappa shape index (κ2) is 7.81. The number of nitrogens with zero attached hydrogens (tertiary/aromatic N) is 1. The molecular formula is C18H24N2O. The quantitative estimate of drug-likeness (QED) is 0.820. The van der Waals surface area contributed by atoms with Crippen molar-refractivity contribution in [3.8, 4) is 0 Å². The van der Waals surface area contributed by atoms with Crippen LogP contribution >= 0.6 is 0 Å². The first kappa shape index (κ1) is 15.5. The summed E-state index contributed by atoms with van der Waals surface area (Å²) in [5.74, 6) is 0. The maximum Gasteiger partial charge on any atom is 0.0838 e. The molecule has 0 bridgehead atoms. The van der Waals surface area contributed by atoms with Gasteiger partial charge in [-0.3, -0.25) is 0 Å². The molecule has 21 heavy (non-hydrogen) atoms. The highest BCUT2D eigenvalue weighted by molar-refractivity contribution is 5.52. The van der Waals surface area contributed by atoms with Crippen LogP contribution in [-0.4, -0.2) is 43.3 Å². The highest BCUT2D eigenvalue weighted by Gasteiger charge is 2.07. The zero-order valence-corrected chi connectivity index (χ0v) is 12.8. The molecule has 0 spiro atoms. The van der Waals surface area contributed by atoms with Gasteiger partial charge in [-0.15, -0.1) is 0 Å². The van der Waals surface area contributed by atoms with E-state index >= 15 is 0 Å². The Kier molecular flexibility index (Phi) is 5.78. The monoisotopic (exact) mass is 284 g/mol. The van der Waals surface area contributed by atoms with Gasteiger partial charge in [0, 0.05) is 18.8 Å². The number of para-hydroxylation sites is 1. The Morgan fingerprint density at radius 3 is 2.38 bits per heavy atom. The Morgan fingerprint density at radius 1 is 1.00 bits per heavy atom. The molecule has 3 nitrogen and oxygen atoms in total. The number of anilines is 1. The zero-order valence-electron chi connectivity index (χ0n) is 12.8. The van der Waals surface area contributed by atoms with Gasteiger partial charge in [0.1, 0.15) is 0 Å². The van der Waals surface area contributed by atoms with Gasteiger partial charge in [0.2, 0.25) is 0 Å². The van der Waals surface area contributed by atoms with Crippen LogP contribution < -0.4 is 5.32 Å². The topological polar surface area (TPSA) is 35.5 Å². The summed E-state index contributed by atoms with van der Waals surface area (Å²) in [6.07, 6.45) is 0.526. The lowest BCUT2D eigenvalue weighted by atomic mass is 10.0. The number of benzene rings is 2. The van der Waals surface area contributed by atoms with Crippen LogP contribution in [0.3, 0.4) is 0 Å². The van der Waals surface area contributed by atoms with Crippen LogP contribution in [0.15, 0.2) is 54.6 Å². The summed E-state index contributed by atoms with van der Waals surface area (Å²) in [6.45, 7) is 1.22. The standard InChI is InChI=1S/C18H24N2O/c1-20(2)14-17(21)13-19-18-11-7-6-10-16(18)12-15-8-4-3-5-9-15/h3-11,17,19,21H,12-14H2,1-2H3. The van der Waals surface area contributed by atoms with Crippen LogP contribution in [0.2, 0.25) is 0 Å². The van der Waals surface area contributed by atoms with Crippen LogP contribution in [0.1, 0.15) is 11.1 Å². The lowest BCUT2D eigenvalue weighted by Gasteiger charge is -2.18. The molecule has 0 saturated carbocycles. The van der Waals surface area contributed by atoms with E-state index in [1.165, 1.54) is 11.1 Å². The average Bonchev–Trinajstić information content (AvgIpc) is 2.47. The number of rotatable bonds is 7. The highest BCUT2D eigenvalue weighted by Crippen LogP contribution is 2.19. The van der Waals surface area contributed by atoms with Crippen molar-refractivity contribution in [2.24, 2.45) is 0 Å². The predicted octanol–water partition coefficient (Wildman–Crippen LogP) is 2.61. The minimum Gasteiger partial charge on any atom is -0.390 e. The van der Waals surface area contributed by atoms with E-state index in [1.54, 1.807) is 0 Å². The van der Waals surface area contributed by atoms with Crippen LogP contribution in [0.25, 0.3) is 0 Å². The normalized spacial score (nSPS) is 12.4. The molecule has 3 heteroatoms. The Bertz CT molecular complexity index is 540. The first-order valence-electron chi connectivity index (χ1n) is 7.33. The van der Waals surface area contributed by atoms with E-state index in [1.807, 2.05) is 31.1 Å². The van der Waals surface area contributed by atoms with Crippen LogP contribution in [-0.2, 0) is 6.42 Å². The fourth-order valence-electron chi connectivity index (χ4n) is 2.38. The first-order chi connectivity index (χ1) is 10.1. The van der Waals surface area contributed by atoms with Gasteiger partial charge >= 0.3 is 0 Å². The number of likely N-dealkylation sites (N-methyl/N-ethyl adjacent to an activating group) is 1. The summed E-state index contributed by atoms with van der Waals surface area (Å²) in [5, 5.41) is 13.3. The molecule has 1 atom stereocenters. The Hall–Kier alpha value is -1.84. The number of hydrogen-bond acceptors (Lipinski definition) is 3. The minimum atomic E-state index is -0.371. The third kappa shape index (κ3) is 5.21. The lowest BCUT2D eigenvalue weighted by molar-refractivity contribution is 0.148. The van der Waals surface area contributed by atoms with Crippen LogP contribution in [0.5, 0.6) is 0 Å². The molecule has 1 unspecified atom stereocenters. The van der Waals surface area contributed by atoms with E-state index in [2.05, 4.69) is 47.8 Å². The first-order valence-corrected chi connectivity index (χ1v) is 7.33. The highest BCUT2D eigenvalue weighted by atomic mass is 16.3. The summed E-state index contributed by atoms with van der Waals surface area (Å²) in [5.41, 5.74) is 3.64. The molecule has 0 radical (unpaired) electrons. The van der Waals surface area contributed by atoms with Gasteiger partial charge in [0.25, 0.3) is 0 Å². The summed E-state index contributed by atoms with van der Waals surface area (Å²) in [7, 11) is 3.93. The van der Waals surface area contributed by atoms with Gasteiger partial charge in [-0.2, -0.15) is 0 Å². The van der Waals surface area contributed by atoms with Gasteiger partial charge in [0.15, 0.2) is 0 Å². The Balaban J connectivity index is 2.00. The van der Waals surface area contributed by atoms with Crippen LogP contribution in [0.4, 0.5) is 5.69 Å². The van der Waals surface area contributed by atoms with E-state index in [-0.39, 0.29) is 6.10 Å². The SMILES string of the molecule is CN(C)CC(O)CNc1ccccc1Cc1ccccc1. The summed E-state index contributed by atoms with van der Waals surface area (Å²) in [6, 6.07) is 18.7. The fraction of sp³-hybridized carbons (Fsp3) is 0.333. The summed E-state index contributed by atoms with van der Waals surface area (Å²) in [4.78, 5) is 1.99. The van der Waals surface area contributed by atoms with E-state index in [9.17, 15) is 5.11 Å². The van der Waals surface area contributed by atoms with Crippen LogP contribution in [0, 0.1) is 0 Å². The molecule has 0 amide bonds. The van der Waals surface area contributed by atoms with Crippen molar-refractivity contribution in [1.82, 2.24) is 4.90 Å². The molecule has 0 aliphatic carbocycles. The van der Waals surface area contributed by atoms with Crippen molar-refractivity contribution in [2.45, 2.75) is 12.5 Å². The van der Waals surface area contributed by atoms with Crippen molar-refractivity contribution in [1.29, 1.82) is 0 Å². The maximum atomic E-state index is 9.96. The largest absolute Gasteiger partial charge is 0.390 e. The summed E-state index contributed by atoms with van der Waals surface area (Å²) < 4.78 is 0. The number of aliphatic hydroxyl groups excluding tert-OH is 1. The van der Waals surface area contributed by atoms with Crippen molar-refractivity contribution in [3.63, 3.8) is 0 Å². The van der Waals surface area contributed by atoms with Crippen molar-refractivity contribution in [2.75, 3.05) is 32.5 Å². The fourth-order valence-corrected chi connectivity index (χ4v) is 2.38.